The Kier molecular flexibility index (Phi) is 13.1. The second-order valence-electron chi connectivity index (χ2n) is 6.42. The molecule has 4 heteroatoms. The number of hydrogen-bond acceptors (Lipinski definition) is 2. The molecule has 0 aliphatic carbocycles. The first-order chi connectivity index (χ1) is 13.0. The summed E-state index contributed by atoms with van der Waals surface area (Å²) < 4.78 is 29.0. The third kappa shape index (κ3) is 8.51. The highest BCUT2D eigenvalue weighted by Gasteiger charge is 2.38. The SMILES string of the molecule is C#CC.C/C=C(F)\C=C/CC1(CCCN(C)C)OCc2ccccc21.CF. The molecule has 1 unspecified atom stereocenters. The normalized spacial score (nSPS) is 18.3. The Morgan fingerprint density at radius 1 is 1.33 bits per heavy atom. The summed E-state index contributed by atoms with van der Waals surface area (Å²) in [5.41, 5.74) is 2.21. The molecule has 0 saturated carbocycles. The maximum absolute atomic E-state index is 13.3. The van der Waals surface area contributed by atoms with E-state index in [1.165, 1.54) is 23.3 Å². The molecule has 2 rings (SSSR count). The van der Waals surface area contributed by atoms with Gasteiger partial charge in [0.05, 0.1) is 19.4 Å². The molecule has 27 heavy (non-hydrogen) atoms. The predicted octanol–water partition coefficient (Wildman–Crippen LogP) is 5.80. The second kappa shape index (κ2) is 14.1. The molecule has 0 saturated heterocycles. The monoisotopic (exact) mass is 377 g/mol. The van der Waals surface area contributed by atoms with E-state index in [4.69, 9.17) is 4.74 Å². The average molecular weight is 378 g/mol. The van der Waals surface area contributed by atoms with Crippen molar-refractivity contribution in [2.24, 2.45) is 0 Å². The molecule has 0 fully saturated rings. The fraction of sp³-hybridized carbons (Fsp3) is 0.478. The lowest BCUT2D eigenvalue weighted by atomic mass is 9.85. The lowest BCUT2D eigenvalue weighted by Crippen LogP contribution is -2.26. The fourth-order valence-electron chi connectivity index (χ4n) is 3.00. The Morgan fingerprint density at radius 3 is 2.56 bits per heavy atom. The van der Waals surface area contributed by atoms with Gasteiger partial charge in [-0.1, -0.05) is 36.4 Å². The molecule has 0 radical (unpaired) electrons. The van der Waals surface area contributed by atoms with Crippen molar-refractivity contribution in [3.63, 3.8) is 0 Å². The van der Waals surface area contributed by atoms with Gasteiger partial charge in [-0.05, 0) is 71.0 Å². The molecule has 0 bridgehead atoms. The van der Waals surface area contributed by atoms with Crippen molar-refractivity contribution < 1.29 is 13.5 Å². The summed E-state index contributed by atoms with van der Waals surface area (Å²) in [6.45, 7) is 5.03. The zero-order valence-electron chi connectivity index (χ0n) is 17.3. The molecule has 1 aliphatic heterocycles. The fourth-order valence-corrected chi connectivity index (χ4v) is 3.00. The minimum Gasteiger partial charge on any atom is -0.365 e. The molecule has 1 aromatic carbocycles. The summed E-state index contributed by atoms with van der Waals surface area (Å²) in [5.74, 6) is 2.05. The van der Waals surface area contributed by atoms with Crippen LogP contribution in [0, 0.1) is 12.3 Å². The molecule has 2 nitrogen and oxygen atoms in total. The van der Waals surface area contributed by atoms with Gasteiger partial charge in [-0.15, -0.1) is 12.3 Å². The minimum absolute atomic E-state index is 0.199. The lowest BCUT2D eigenvalue weighted by molar-refractivity contribution is -0.0444. The van der Waals surface area contributed by atoms with Crippen LogP contribution in [-0.2, 0) is 16.9 Å². The predicted molar refractivity (Wildman–Crippen MR) is 111 cm³/mol. The van der Waals surface area contributed by atoms with Gasteiger partial charge in [-0.2, -0.15) is 0 Å². The lowest BCUT2D eigenvalue weighted by Gasteiger charge is -2.29. The highest BCUT2D eigenvalue weighted by molar-refractivity contribution is 5.36. The molecule has 1 atom stereocenters. The topological polar surface area (TPSA) is 12.5 Å². The Hall–Kier alpha value is -1.96. The first-order valence-electron chi connectivity index (χ1n) is 9.09. The maximum Gasteiger partial charge on any atom is 0.118 e. The van der Waals surface area contributed by atoms with E-state index in [1.54, 1.807) is 13.8 Å². The Balaban J connectivity index is 0.00000123. The van der Waals surface area contributed by atoms with Gasteiger partial charge in [-0.3, -0.25) is 4.39 Å². The first kappa shape index (κ1) is 25.0. The van der Waals surface area contributed by atoms with Crippen LogP contribution in [0.15, 0.2) is 48.3 Å². The molecule has 0 N–H and O–H groups in total. The number of rotatable bonds is 7. The second-order valence-corrected chi connectivity index (χ2v) is 6.42. The smallest absolute Gasteiger partial charge is 0.118 e. The summed E-state index contributed by atoms with van der Waals surface area (Å²) in [5, 5.41) is 0. The van der Waals surface area contributed by atoms with E-state index in [0.29, 0.717) is 20.2 Å². The van der Waals surface area contributed by atoms with Crippen molar-refractivity contribution >= 4 is 0 Å². The first-order valence-corrected chi connectivity index (χ1v) is 9.09. The van der Waals surface area contributed by atoms with Crippen LogP contribution >= 0.6 is 0 Å². The number of terminal acetylenes is 1. The maximum atomic E-state index is 13.3. The number of alkyl halides is 1. The summed E-state index contributed by atoms with van der Waals surface area (Å²) in [4.78, 5) is 2.18. The van der Waals surface area contributed by atoms with Crippen LogP contribution in [0.2, 0.25) is 0 Å². The van der Waals surface area contributed by atoms with Crippen molar-refractivity contribution in [3.05, 3.63) is 59.4 Å². The number of fused-ring (bicyclic) bond motifs is 1. The van der Waals surface area contributed by atoms with E-state index in [-0.39, 0.29) is 11.4 Å². The number of halogens is 2. The number of allylic oxidation sites excluding steroid dienone is 3. The molecule has 0 spiro atoms. The third-order valence-corrected chi connectivity index (χ3v) is 4.20. The van der Waals surface area contributed by atoms with Crippen LogP contribution in [0.3, 0.4) is 0 Å². The molecule has 1 heterocycles. The van der Waals surface area contributed by atoms with Gasteiger partial charge in [0.15, 0.2) is 0 Å². The molecular formula is C23H33F2NO. The van der Waals surface area contributed by atoms with Gasteiger partial charge in [0, 0.05) is 0 Å². The number of ether oxygens (including phenoxy) is 1. The van der Waals surface area contributed by atoms with E-state index in [9.17, 15) is 8.78 Å². The summed E-state index contributed by atoms with van der Waals surface area (Å²) in [7, 11) is 4.66. The summed E-state index contributed by atoms with van der Waals surface area (Å²) in [6.07, 6.45) is 12.2. The Labute approximate surface area is 163 Å². The molecule has 150 valence electrons. The zero-order chi connectivity index (χ0) is 20.7. The summed E-state index contributed by atoms with van der Waals surface area (Å²) in [6, 6.07) is 8.38. The van der Waals surface area contributed by atoms with Gasteiger partial charge in [-0.25, -0.2) is 4.39 Å². The van der Waals surface area contributed by atoms with Crippen molar-refractivity contribution in [2.45, 2.75) is 45.3 Å². The Morgan fingerprint density at radius 2 is 1.96 bits per heavy atom. The van der Waals surface area contributed by atoms with Gasteiger partial charge >= 0.3 is 0 Å². The molecular weight excluding hydrogens is 344 g/mol. The highest BCUT2D eigenvalue weighted by atomic mass is 19.1. The van der Waals surface area contributed by atoms with Crippen LogP contribution in [0.5, 0.6) is 0 Å². The molecule has 1 aliphatic rings. The average Bonchev–Trinajstić information content (AvgIpc) is 3.03. The van der Waals surface area contributed by atoms with E-state index in [2.05, 4.69) is 49.5 Å². The number of benzene rings is 1. The van der Waals surface area contributed by atoms with Gasteiger partial charge in [0.1, 0.15) is 5.83 Å². The van der Waals surface area contributed by atoms with Crippen molar-refractivity contribution in [3.8, 4) is 12.3 Å². The number of nitrogens with zero attached hydrogens (tertiary/aromatic N) is 1. The van der Waals surface area contributed by atoms with E-state index in [0.717, 1.165) is 19.4 Å². The van der Waals surface area contributed by atoms with Crippen LogP contribution in [-0.4, -0.2) is 32.7 Å². The Bertz CT molecular complexity index is 632. The zero-order valence-corrected chi connectivity index (χ0v) is 17.3. The minimum atomic E-state index is -0.308. The largest absolute Gasteiger partial charge is 0.365 e. The molecule has 0 amide bonds. The standard InChI is InChI=1S/C19H26FNO.C3H4.CH3F/c1-4-17(20)10-7-12-19(13-8-14-21(2)3)18-11-6-5-9-16(18)15-22-19;1-3-2;1-2/h4-7,9-11H,8,12-15H2,1-3H3;1H,2H3;1H3/b10-7-,17-4+;;. The third-order valence-electron chi connectivity index (χ3n) is 4.20. The van der Waals surface area contributed by atoms with Crippen molar-refractivity contribution in [1.82, 2.24) is 4.90 Å². The number of hydrogen-bond donors (Lipinski definition) is 0. The van der Waals surface area contributed by atoms with Crippen molar-refractivity contribution in [2.75, 3.05) is 27.8 Å². The van der Waals surface area contributed by atoms with Gasteiger partial charge in [0.25, 0.3) is 0 Å². The van der Waals surface area contributed by atoms with E-state index < -0.39 is 0 Å². The van der Waals surface area contributed by atoms with Crippen LogP contribution in [0.25, 0.3) is 0 Å². The quantitative estimate of drug-likeness (QED) is 0.440. The summed E-state index contributed by atoms with van der Waals surface area (Å²) >= 11 is 0. The van der Waals surface area contributed by atoms with Crippen molar-refractivity contribution in [1.29, 1.82) is 0 Å². The van der Waals surface area contributed by atoms with E-state index in [1.807, 2.05) is 12.1 Å². The van der Waals surface area contributed by atoms with Crippen LogP contribution in [0.1, 0.15) is 44.2 Å². The van der Waals surface area contributed by atoms with E-state index >= 15 is 0 Å². The highest BCUT2D eigenvalue weighted by Crippen LogP contribution is 2.43. The van der Waals surface area contributed by atoms with Gasteiger partial charge < -0.3 is 9.64 Å². The van der Waals surface area contributed by atoms with Crippen LogP contribution < -0.4 is 0 Å². The molecule has 1 aromatic rings. The van der Waals surface area contributed by atoms with Crippen LogP contribution in [0.4, 0.5) is 8.78 Å². The molecule has 0 aromatic heterocycles. The van der Waals surface area contributed by atoms with Gasteiger partial charge in [0.2, 0.25) is 0 Å².